The zero-order valence-corrected chi connectivity index (χ0v) is 32.0. The number of hydrogen-bond acceptors (Lipinski definition) is 11. The summed E-state index contributed by atoms with van der Waals surface area (Å²) in [6, 6.07) is 2.96. The molecule has 1 aromatic heterocycles. The number of hydrogen-bond donors (Lipinski definition) is 3. The van der Waals surface area contributed by atoms with E-state index in [-0.39, 0.29) is 36.5 Å². The molecule has 1 saturated heterocycles. The van der Waals surface area contributed by atoms with Crippen molar-refractivity contribution in [2.45, 2.75) is 125 Å². The maximum Gasteiger partial charge on any atom is 0.408 e. The summed E-state index contributed by atoms with van der Waals surface area (Å²) in [6.07, 6.45) is 9.76. The average Bonchev–Trinajstić information content (AvgIpc) is 3.91. The molecule has 5 aliphatic rings. The molecule has 3 heterocycles. The fourth-order valence-electron chi connectivity index (χ4n) is 7.64. The number of allylic oxidation sites excluding steroid dienone is 1. The van der Waals surface area contributed by atoms with Crippen LogP contribution in [0.3, 0.4) is 0 Å². The van der Waals surface area contributed by atoms with Crippen molar-refractivity contribution < 1.29 is 41.8 Å². The molecule has 4 amide bonds. The van der Waals surface area contributed by atoms with Gasteiger partial charge in [0.25, 0.3) is 11.8 Å². The van der Waals surface area contributed by atoms with Crippen molar-refractivity contribution >= 4 is 56.5 Å². The van der Waals surface area contributed by atoms with E-state index < -0.39 is 68.2 Å². The Balaban J connectivity index is 1.17. The van der Waals surface area contributed by atoms with E-state index in [0.29, 0.717) is 48.9 Å². The van der Waals surface area contributed by atoms with Crippen LogP contribution in [0.5, 0.6) is 11.6 Å². The Morgan fingerprint density at radius 1 is 1.02 bits per heavy atom. The first-order chi connectivity index (χ1) is 25.8. The summed E-state index contributed by atoms with van der Waals surface area (Å²) < 4.78 is 44.7. The summed E-state index contributed by atoms with van der Waals surface area (Å²) in [5.41, 5.74) is -0.569. The third-order valence-electron chi connectivity index (χ3n) is 11.4. The molecule has 2 aromatic rings. The second kappa shape index (κ2) is 15.2. The first-order valence-corrected chi connectivity index (χ1v) is 20.7. The van der Waals surface area contributed by atoms with Gasteiger partial charge in [-0.05, 0) is 83.3 Å². The molecule has 7 rings (SSSR count). The van der Waals surface area contributed by atoms with Gasteiger partial charge < -0.3 is 29.7 Å². The van der Waals surface area contributed by atoms with E-state index in [1.54, 1.807) is 25.1 Å². The number of methoxy groups -OCH3 is 1. The number of amides is 4. The number of fused-ring (bicyclic) bond motifs is 3. The maximum absolute atomic E-state index is 14.5. The molecule has 0 unspecified atom stereocenters. The van der Waals surface area contributed by atoms with Crippen LogP contribution >= 0.6 is 11.6 Å². The van der Waals surface area contributed by atoms with Crippen molar-refractivity contribution in [2.75, 3.05) is 13.7 Å². The molecular weight excluding hydrogens is 740 g/mol. The predicted molar refractivity (Wildman–Crippen MR) is 197 cm³/mol. The van der Waals surface area contributed by atoms with E-state index in [2.05, 4.69) is 25.3 Å². The largest absolute Gasteiger partial charge is 0.497 e. The zero-order valence-electron chi connectivity index (χ0n) is 30.5. The minimum Gasteiger partial charge on any atom is -0.497 e. The number of nitrogens with zero attached hydrogens (tertiary/aromatic N) is 3. The Hall–Kier alpha value is -4.18. The van der Waals surface area contributed by atoms with Crippen molar-refractivity contribution in [1.82, 2.24) is 30.2 Å². The minimum atomic E-state index is -4.00. The zero-order chi connectivity index (χ0) is 38.3. The van der Waals surface area contributed by atoms with Gasteiger partial charge in [0.05, 0.1) is 29.4 Å². The number of benzene rings is 1. The quantitative estimate of drug-likeness (QED) is 0.327. The van der Waals surface area contributed by atoms with Crippen LogP contribution in [0.2, 0.25) is 5.15 Å². The standard InChI is InChI=1S/C37H47ClN6O9S/c1-36(16-17-36)54(49,50)43-34(47)37-20-22(37)10-6-4-3-5-7-13-27(41-35(48)53-23-11-8-9-12-23)33(46)44-21-25(19-29(44)31(45)42-37)52-32-30(38)39-26-15-14-24(51-2)18-28(26)40-32/h6,10,14-15,18,22-23,25,27,29H,3-5,7-9,11-13,16-17,19-21H2,1-2H3,(H,41,48)(H,42,45)(H,43,47)/b10-6-/t22-,25-,27+,29+,37-/m1/s1. The lowest BCUT2D eigenvalue weighted by Gasteiger charge is -2.30. The van der Waals surface area contributed by atoms with Crippen molar-refractivity contribution in [3.05, 3.63) is 35.5 Å². The third-order valence-corrected chi connectivity index (χ3v) is 13.8. The van der Waals surface area contributed by atoms with E-state index in [1.807, 2.05) is 12.2 Å². The highest BCUT2D eigenvalue weighted by Crippen LogP contribution is 2.47. The topological polar surface area (TPSA) is 195 Å². The Labute approximate surface area is 319 Å². The highest BCUT2D eigenvalue weighted by atomic mass is 35.5. The maximum atomic E-state index is 14.5. The van der Waals surface area contributed by atoms with Gasteiger partial charge in [-0.3, -0.25) is 19.1 Å². The lowest BCUT2D eigenvalue weighted by atomic mass is 10.0. The van der Waals surface area contributed by atoms with Gasteiger partial charge in [-0.25, -0.2) is 23.2 Å². The molecule has 3 aliphatic carbocycles. The highest BCUT2D eigenvalue weighted by molar-refractivity contribution is 7.91. The summed E-state index contributed by atoms with van der Waals surface area (Å²) in [5, 5.41) is 5.63. The number of sulfonamides is 1. The lowest BCUT2D eigenvalue weighted by Crippen LogP contribution is -2.58. The number of aromatic nitrogens is 2. The van der Waals surface area contributed by atoms with Gasteiger partial charge in [0.2, 0.25) is 21.8 Å². The lowest BCUT2D eigenvalue weighted by molar-refractivity contribution is -0.141. The molecule has 2 aliphatic heterocycles. The number of alkyl carbamates (subject to hydrolysis) is 1. The van der Waals surface area contributed by atoms with E-state index in [9.17, 15) is 27.6 Å². The smallest absolute Gasteiger partial charge is 0.408 e. The molecule has 0 spiro atoms. The summed E-state index contributed by atoms with van der Waals surface area (Å²) in [7, 11) is -2.47. The Kier molecular flexibility index (Phi) is 10.7. The van der Waals surface area contributed by atoms with Gasteiger partial charge in [-0.1, -0.05) is 36.6 Å². The molecule has 3 saturated carbocycles. The van der Waals surface area contributed by atoms with Crippen LogP contribution in [0.4, 0.5) is 4.79 Å². The molecule has 1 aromatic carbocycles. The number of rotatable bonds is 8. The second-order valence-electron chi connectivity index (χ2n) is 15.4. The van der Waals surface area contributed by atoms with Gasteiger partial charge in [0.1, 0.15) is 35.6 Å². The monoisotopic (exact) mass is 786 g/mol. The summed E-state index contributed by atoms with van der Waals surface area (Å²) in [6.45, 7) is 1.51. The predicted octanol–water partition coefficient (Wildman–Crippen LogP) is 4.07. The molecular formula is C37H47ClN6O9S. The van der Waals surface area contributed by atoms with E-state index in [1.165, 1.54) is 12.0 Å². The van der Waals surface area contributed by atoms with E-state index >= 15 is 0 Å². The van der Waals surface area contributed by atoms with E-state index in [4.69, 9.17) is 25.8 Å². The van der Waals surface area contributed by atoms with Crippen molar-refractivity contribution in [3.8, 4) is 11.6 Å². The fraction of sp³-hybridized carbons (Fsp3) is 0.622. The van der Waals surface area contributed by atoms with Crippen LogP contribution < -0.4 is 24.8 Å². The second-order valence-corrected chi connectivity index (χ2v) is 17.9. The van der Waals surface area contributed by atoms with Crippen molar-refractivity contribution in [1.29, 1.82) is 0 Å². The Bertz CT molecular complexity index is 1950. The Morgan fingerprint density at radius 2 is 1.78 bits per heavy atom. The van der Waals surface area contributed by atoms with E-state index in [0.717, 1.165) is 38.5 Å². The molecule has 4 fully saturated rings. The van der Waals surface area contributed by atoms with Crippen molar-refractivity contribution in [3.63, 3.8) is 0 Å². The van der Waals surface area contributed by atoms with Crippen LogP contribution in [0, 0.1) is 5.92 Å². The van der Waals surface area contributed by atoms with Crippen LogP contribution in [0.1, 0.15) is 90.4 Å². The van der Waals surface area contributed by atoms with Gasteiger partial charge in [-0.15, -0.1) is 0 Å². The first kappa shape index (κ1) is 38.1. The number of carbonyl (C=O) groups is 4. The molecule has 292 valence electrons. The number of carbonyl (C=O) groups excluding carboxylic acids is 4. The van der Waals surface area contributed by atoms with Gasteiger partial charge in [0.15, 0.2) is 5.15 Å². The van der Waals surface area contributed by atoms with Crippen LogP contribution in [-0.2, 0) is 29.1 Å². The first-order valence-electron chi connectivity index (χ1n) is 18.8. The van der Waals surface area contributed by atoms with Crippen LogP contribution in [-0.4, -0.2) is 95.3 Å². The van der Waals surface area contributed by atoms with Gasteiger partial charge >= 0.3 is 6.09 Å². The normalized spacial score (nSPS) is 29.1. The van der Waals surface area contributed by atoms with Gasteiger partial charge in [0, 0.05) is 18.4 Å². The third kappa shape index (κ3) is 7.95. The molecule has 5 atom stereocenters. The van der Waals surface area contributed by atoms with Crippen LogP contribution in [0.15, 0.2) is 30.4 Å². The molecule has 0 radical (unpaired) electrons. The number of halogens is 1. The molecule has 0 bridgehead atoms. The highest BCUT2D eigenvalue weighted by Gasteiger charge is 2.63. The molecule has 17 heteroatoms. The van der Waals surface area contributed by atoms with Crippen LogP contribution in [0.25, 0.3) is 11.0 Å². The minimum absolute atomic E-state index is 0.00476. The summed E-state index contributed by atoms with van der Waals surface area (Å²) in [5.74, 6) is -1.88. The molecule has 54 heavy (non-hydrogen) atoms. The molecule has 3 N–H and O–H groups in total. The molecule has 15 nitrogen and oxygen atoms in total. The Morgan fingerprint density at radius 3 is 2.52 bits per heavy atom. The number of nitrogens with one attached hydrogen (secondary N) is 3. The summed E-state index contributed by atoms with van der Waals surface area (Å²) in [4.78, 5) is 66.1. The number of ether oxygens (including phenoxy) is 3. The average molecular weight is 787 g/mol. The SMILES string of the molecule is COc1ccc2nc(Cl)c(O[C@@H]3C[C@H]4C(=O)N[C@]5(C(=O)NS(=O)(=O)C6(C)CC6)C[C@H]5/C=C\CCCCC[C@H](NC(=O)OC5CCCC5)C(=O)N4C3)nc2c1. The fourth-order valence-corrected chi connectivity index (χ4v) is 9.13. The van der Waals surface area contributed by atoms with Crippen molar-refractivity contribution in [2.24, 2.45) is 5.92 Å². The summed E-state index contributed by atoms with van der Waals surface area (Å²) >= 11 is 6.51. The van der Waals surface area contributed by atoms with Gasteiger partial charge in [-0.2, -0.15) is 0 Å².